The maximum atomic E-state index is 13.3. The highest BCUT2D eigenvalue weighted by Gasteiger charge is 2.28. The van der Waals surface area contributed by atoms with E-state index in [1.807, 2.05) is 0 Å². The molecule has 1 aromatic carbocycles. The lowest BCUT2D eigenvalue weighted by molar-refractivity contribution is 0.249. The molecule has 2 aliphatic heterocycles. The fourth-order valence-electron chi connectivity index (χ4n) is 4.03. The number of nitrogens with zero attached hydrogens (tertiary/aromatic N) is 6. The Bertz CT molecular complexity index is 1120. The summed E-state index contributed by atoms with van der Waals surface area (Å²) in [6.07, 6.45) is 0.911. The predicted molar refractivity (Wildman–Crippen MR) is 122 cm³/mol. The molecule has 0 bridgehead atoms. The number of rotatable bonds is 6. The second-order valence-corrected chi connectivity index (χ2v) is 9.55. The van der Waals surface area contributed by atoms with Gasteiger partial charge in [0.15, 0.2) is 11.6 Å². The molecule has 8 nitrogen and oxygen atoms in total. The van der Waals surface area contributed by atoms with Gasteiger partial charge in [-0.15, -0.1) is 22.0 Å². The molecule has 0 spiro atoms. The van der Waals surface area contributed by atoms with Gasteiger partial charge >= 0.3 is 0 Å². The molecule has 1 unspecified atom stereocenters. The predicted octanol–water partition coefficient (Wildman–Crippen LogP) is 2.97. The third-order valence-corrected chi connectivity index (χ3v) is 7.10. The Morgan fingerprint density at radius 3 is 2.72 bits per heavy atom. The highest BCUT2D eigenvalue weighted by atomic mass is 32.2. The number of fused-ring (bicyclic) bond motifs is 2. The number of benzene rings is 1. The molecule has 4 heterocycles. The first-order chi connectivity index (χ1) is 15.5. The molecular formula is C22H26FN7OS. The summed E-state index contributed by atoms with van der Waals surface area (Å²) in [6, 6.07) is 6.27. The minimum Gasteiger partial charge on any atom is -0.394 e. The van der Waals surface area contributed by atoms with Crippen LogP contribution in [0.3, 0.4) is 0 Å². The number of hydrogen-bond acceptors (Lipinski definition) is 8. The summed E-state index contributed by atoms with van der Waals surface area (Å²) in [4.78, 5) is 12.9. The standard InChI is InChI=1S/C22H26FN7OS/c1-13(2)17(12-31)24-20-19-16(7-10-32-19)25-22(26-20)29-8-9-30-18(11-29)27-28-21(30)14-3-5-15(23)6-4-14/h3-6,13,17,31H,7-12H2,1-2H3,(H,24,25,26). The summed E-state index contributed by atoms with van der Waals surface area (Å²) in [7, 11) is 0. The number of halogens is 1. The van der Waals surface area contributed by atoms with Gasteiger partial charge in [0.05, 0.1) is 29.8 Å². The van der Waals surface area contributed by atoms with Crippen molar-refractivity contribution in [2.45, 2.75) is 44.3 Å². The van der Waals surface area contributed by atoms with Crippen molar-refractivity contribution in [2.75, 3.05) is 29.1 Å². The van der Waals surface area contributed by atoms with Gasteiger partial charge < -0.3 is 19.9 Å². The summed E-state index contributed by atoms with van der Waals surface area (Å²) in [5.41, 5.74) is 1.90. The number of aromatic nitrogens is 5. The van der Waals surface area contributed by atoms with Crippen LogP contribution < -0.4 is 10.2 Å². The molecule has 0 radical (unpaired) electrons. The lowest BCUT2D eigenvalue weighted by atomic mass is 10.1. The van der Waals surface area contributed by atoms with Crippen LogP contribution in [0.15, 0.2) is 29.2 Å². The number of aliphatic hydroxyl groups is 1. The number of nitrogens with one attached hydrogen (secondary N) is 1. The van der Waals surface area contributed by atoms with Crippen LogP contribution in [-0.4, -0.2) is 54.8 Å². The summed E-state index contributed by atoms with van der Waals surface area (Å²) in [6.45, 7) is 6.18. The minimum absolute atomic E-state index is 0.0510. The number of aliphatic hydroxyl groups excluding tert-OH is 1. The van der Waals surface area contributed by atoms with Gasteiger partial charge in [-0.1, -0.05) is 13.8 Å². The van der Waals surface area contributed by atoms with Gasteiger partial charge in [0.1, 0.15) is 11.6 Å². The largest absolute Gasteiger partial charge is 0.394 e. The molecule has 0 saturated carbocycles. The zero-order valence-electron chi connectivity index (χ0n) is 18.1. The molecule has 32 heavy (non-hydrogen) atoms. The lowest BCUT2D eigenvalue weighted by Gasteiger charge is -2.29. The highest BCUT2D eigenvalue weighted by molar-refractivity contribution is 7.99. The van der Waals surface area contributed by atoms with Gasteiger partial charge in [-0.3, -0.25) is 0 Å². The number of hydrogen-bond donors (Lipinski definition) is 2. The quantitative estimate of drug-likeness (QED) is 0.586. The molecule has 2 aromatic heterocycles. The van der Waals surface area contributed by atoms with Crippen molar-refractivity contribution >= 4 is 23.5 Å². The van der Waals surface area contributed by atoms with Crippen LogP contribution in [0.4, 0.5) is 16.2 Å². The first-order valence-corrected chi connectivity index (χ1v) is 11.9. The summed E-state index contributed by atoms with van der Waals surface area (Å²) in [5, 5.41) is 22.0. The summed E-state index contributed by atoms with van der Waals surface area (Å²) in [5.74, 6) is 4.05. The summed E-state index contributed by atoms with van der Waals surface area (Å²) >= 11 is 1.76. The first kappa shape index (κ1) is 21.1. The Morgan fingerprint density at radius 2 is 1.97 bits per heavy atom. The fraction of sp³-hybridized carbons (Fsp3) is 0.455. The zero-order chi connectivity index (χ0) is 22.2. The monoisotopic (exact) mass is 455 g/mol. The van der Waals surface area contributed by atoms with Crippen LogP contribution in [0.25, 0.3) is 11.4 Å². The van der Waals surface area contributed by atoms with E-state index in [4.69, 9.17) is 9.97 Å². The van der Waals surface area contributed by atoms with Crippen LogP contribution >= 0.6 is 11.8 Å². The van der Waals surface area contributed by atoms with E-state index >= 15 is 0 Å². The van der Waals surface area contributed by atoms with Crippen molar-refractivity contribution in [3.8, 4) is 11.4 Å². The van der Waals surface area contributed by atoms with Crippen LogP contribution in [0, 0.1) is 11.7 Å². The lowest BCUT2D eigenvalue weighted by Crippen LogP contribution is -2.36. The Hall–Kier alpha value is -2.72. The maximum Gasteiger partial charge on any atom is 0.228 e. The molecule has 2 N–H and O–H groups in total. The normalized spacial score (nSPS) is 16.2. The maximum absolute atomic E-state index is 13.3. The van der Waals surface area contributed by atoms with E-state index in [9.17, 15) is 9.50 Å². The van der Waals surface area contributed by atoms with Crippen LogP contribution in [0.5, 0.6) is 0 Å². The highest BCUT2D eigenvalue weighted by Crippen LogP contribution is 2.37. The van der Waals surface area contributed by atoms with E-state index in [0.29, 0.717) is 19.0 Å². The molecule has 2 aliphatic rings. The molecule has 1 atom stereocenters. The SMILES string of the molecule is CC(C)C(CO)Nc1nc(N2CCn3c(nnc3-c3ccc(F)cc3)C2)nc2c1SCC2. The van der Waals surface area contributed by atoms with E-state index < -0.39 is 0 Å². The second kappa shape index (κ2) is 8.67. The van der Waals surface area contributed by atoms with Crippen LogP contribution in [0.1, 0.15) is 25.4 Å². The zero-order valence-corrected chi connectivity index (χ0v) is 18.9. The van der Waals surface area contributed by atoms with Crippen molar-refractivity contribution in [3.05, 3.63) is 41.6 Å². The average molecular weight is 456 g/mol. The van der Waals surface area contributed by atoms with Crippen molar-refractivity contribution in [1.29, 1.82) is 0 Å². The molecule has 3 aromatic rings. The topological polar surface area (TPSA) is 92.0 Å². The van der Waals surface area contributed by atoms with E-state index in [1.165, 1.54) is 12.1 Å². The molecular weight excluding hydrogens is 429 g/mol. The van der Waals surface area contributed by atoms with E-state index in [0.717, 1.165) is 52.3 Å². The minimum atomic E-state index is -0.268. The molecule has 0 saturated heterocycles. The second-order valence-electron chi connectivity index (χ2n) is 8.44. The number of thioether (sulfide) groups is 1. The van der Waals surface area contributed by atoms with Gasteiger partial charge in [0.2, 0.25) is 5.95 Å². The molecule has 10 heteroatoms. The Kier molecular flexibility index (Phi) is 5.73. The van der Waals surface area contributed by atoms with Gasteiger partial charge in [-0.25, -0.2) is 9.37 Å². The Morgan fingerprint density at radius 1 is 1.16 bits per heavy atom. The van der Waals surface area contributed by atoms with Gasteiger partial charge in [0, 0.05) is 30.8 Å². The van der Waals surface area contributed by atoms with Crippen LogP contribution in [-0.2, 0) is 19.5 Å². The van der Waals surface area contributed by atoms with Gasteiger partial charge in [-0.2, -0.15) is 4.98 Å². The molecule has 0 amide bonds. The van der Waals surface area contributed by atoms with Gasteiger partial charge in [0.25, 0.3) is 0 Å². The van der Waals surface area contributed by atoms with Crippen LogP contribution in [0.2, 0.25) is 0 Å². The number of anilines is 2. The fourth-order valence-corrected chi connectivity index (χ4v) is 5.09. The molecule has 0 fully saturated rings. The third kappa shape index (κ3) is 3.93. The first-order valence-electron chi connectivity index (χ1n) is 10.9. The van der Waals surface area contributed by atoms with Gasteiger partial charge in [-0.05, 0) is 30.2 Å². The molecule has 0 aliphatic carbocycles. The van der Waals surface area contributed by atoms with E-state index in [1.54, 1.807) is 23.9 Å². The molecule has 168 valence electrons. The Labute approximate surface area is 190 Å². The average Bonchev–Trinajstić information content (AvgIpc) is 3.44. The molecule has 5 rings (SSSR count). The van der Waals surface area contributed by atoms with Crippen molar-refractivity contribution in [2.24, 2.45) is 5.92 Å². The van der Waals surface area contributed by atoms with E-state index in [-0.39, 0.29) is 24.4 Å². The Balaban J connectivity index is 1.42. The number of aryl methyl sites for hydroxylation is 1. The van der Waals surface area contributed by atoms with Crippen molar-refractivity contribution < 1.29 is 9.50 Å². The summed E-state index contributed by atoms with van der Waals surface area (Å²) < 4.78 is 15.4. The third-order valence-electron chi connectivity index (χ3n) is 5.97. The smallest absolute Gasteiger partial charge is 0.228 e. The van der Waals surface area contributed by atoms with Crippen molar-refractivity contribution in [3.63, 3.8) is 0 Å². The van der Waals surface area contributed by atoms with Crippen molar-refractivity contribution in [1.82, 2.24) is 24.7 Å². The van der Waals surface area contributed by atoms with E-state index in [2.05, 4.69) is 38.8 Å².